The van der Waals surface area contributed by atoms with Crippen LogP contribution in [0.15, 0.2) is 24.3 Å². The van der Waals surface area contributed by atoms with Crippen LogP contribution in [0.2, 0.25) is 0 Å². The Kier molecular flexibility index (Phi) is 4.99. The van der Waals surface area contributed by atoms with Gasteiger partial charge in [0.15, 0.2) is 0 Å². The molecule has 2 saturated heterocycles. The van der Waals surface area contributed by atoms with Crippen LogP contribution < -0.4 is 10.6 Å². The molecule has 0 bridgehead atoms. The zero-order valence-corrected chi connectivity index (χ0v) is 16.3. The third-order valence-electron chi connectivity index (χ3n) is 5.99. The fraction of sp³-hybridized carbons (Fsp3) is 0.500. The third kappa shape index (κ3) is 3.57. The molecule has 2 fully saturated rings. The second-order valence-corrected chi connectivity index (χ2v) is 7.84. The van der Waals surface area contributed by atoms with Gasteiger partial charge in [-0.05, 0) is 30.5 Å². The molecule has 0 aromatic heterocycles. The van der Waals surface area contributed by atoms with Crippen molar-refractivity contribution in [3.05, 3.63) is 35.4 Å². The zero-order chi connectivity index (χ0) is 20.6. The number of nitrogens with one attached hydrogen (secondary N) is 2. The van der Waals surface area contributed by atoms with E-state index >= 15 is 0 Å². The van der Waals surface area contributed by atoms with Gasteiger partial charge in [0, 0.05) is 19.5 Å². The van der Waals surface area contributed by atoms with Crippen molar-refractivity contribution in [1.29, 1.82) is 0 Å². The van der Waals surface area contributed by atoms with E-state index in [0.29, 0.717) is 32.4 Å². The molecule has 3 aliphatic rings. The summed E-state index contributed by atoms with van der Waals surface area (Å²) in [4.78, 5) is 52.7. The number of fused-ring (bicyclic) bond motifs is 1. The third-order valence-corrected chi connectivity index (χ3v) is 5.99. The first-order valence-electron chi connectivity index (χ1n) is 9.72. The van der Waals surface area contributed by atoms with E-state index in [-0.39, 0.29) is 24.9 Å². The van der Waals surface area contributed by atoms with Crippen LogP contribution >= 0.6 is 0 Å². The van der Waals surface area contributed by atoms with Crippen molar-refractivity contribution < 1.29 is 23.9 Å². The minimum Gasteiger partial charge on any atom is -0.467 e. The molecule has 9 nitrogen and oxygen atoms in total. The number of benzene rings is 1. The van der Waals surface area contributed by atoms with Crippen LogP contribution in [-0.4, -0.2) is 71.9 Å². The van der Waals surface area contributed by atoms with Crippen molar-refractivity contribution in [2.75, 3.05) is 26.7 Å². The van der Waals surface area contributed by atoms with E-state index < -0.39 is 23.6 Å². The predicted molar refractivity (Wildman–Crippen MR) is 102 cm³/mol. The van der Waals surface area contributed by atoms with Crippen molar-refractivity contribution in [3.63, 3.8) is 0 Å². The Morgan fingerprint density at radius 3 is 2.69 bits per heavy atom. The lowest BCUT2D eigenvalue weighted by Gasteiger charge is -2.40. The van der Waals surface area contributed by atoms with Crippen LogP contribution in [0.1, 0.15) is 24.0 Å². The monoisotopic (exact) mass is 400 g/mol. The van der Waals surface area contributed by atoms with Gasteiger partial charge >= 0.3 is 12.0 Å². The summed E-state index contributed by atoms with van der Waals surface area (Å²) in [7, 11) is 1.32. The molecule has 2 atom stereocenters. The Morgan fingerprint density at radius 1 is 1.24 bits per heavy atom. The van der Waals surface area contributed by atoms with E-state index in [1.165, 1.54) is 7.11 Å². The molecule has 4 amide bonds. The summed E-state index contributed by atoms with van der Waals surface area (Å²) in [5, 5.41) is 4.99. The Balaban J connectivity index is 1.50. The smallest absolute Gasteiger partial charge is 0.328 e. The highest BCUT2D eigenvalue weighted by atomic mass is 16.5. The van der Waals surface area contributed by atoms with Gasteiger partial charge < -0.3 is 15.0 Å². The van der Waals surface area contributed by atoms with Gasteiger partial charge in [-0.1, -0.05) is 24.3 Å². The second kappa shape index (κ2) is 7.47. The Morgan fingerprint density at radius 2 is 2.00 bits per heavy atom. The van der Waals surface area contributed by atoms with Crippen LogP contribution in [0.4, 0.5) is 4.79 Å². The molecule has 0 aliphatic carbocycles. The van der Waals surface area contributed by atoms with E-state index in [2.05, 4.69) is 10.6 Å². The van der Waals surface area contributed by atoms with E-state index in [0.717, 1.165) is 11.1 Å². The maximum atomic E-state index is 13.1. The first-order valence-corrected chi connectivity index (χ1v) is 9.72. The maximum absolute atomic E-state index is 13.1. The average molecular weight is 400 g/mol. The molecule has 1 aromatic carbocycles. The number of rotatable bonds is 3. The number of imide groups is 1. The molecule has 0 radical (unpaired) electrons. The number of piperidine rings is 1. The Bertz CT molecular complexity index is 872. The molecule has 4 rings (SSSR count). The standard InChI is InChI=1S/C20H24N4O5/c1-29-17(26)15-9-13-5-2-3-6-14(13)10-24(15)16(25)11-23-8-4-7-20(12-23)18(27)21-19(28)22-20/h2-3,5-6,15H,4,7-12H2,1H3,(H2,21,22,27,28)/t15-,20-/m0/s1. The SMILES string of the molecule is COC(=O)[C@@H]1Cc2ccccc2CN1C(=O)CN1CCC[C@@]2(C1)NC(=O)NC2=O. The molecular weight excluding hydrogens is 376 g/mol. The topological polar surface area (TPSA) is 108 Å². The number of nitrogens with zero attached hydrogens (tertiary/aromatic N) is 2. The molecule has 1 spiro atoms. The van der Waals surface area contributed by atoms with E-state index in [1.807, 2.05) is 29.2 Å². The summed E-state index contributed by atoms with van der Waals surface area (Å²) in [5.74, 6) is -0.985. The summed E-state index contributed by atoms with van der Waals surface area (Å²) in [6, 6.07) is 6.58. The number of amides is 4. The summed E-state index contributed by atoms with van der Waals surface area (Å²) >= 11 is 0. The van der Waals surface area contributed by atoms with Gasteiger partial charge in [-0.3, -0.25) is 19.8 Å². The van der Waals surface area contributed by atoms with Crippen LogP contribution in [0.5, 0.6) is 0 Å². The highest BCUT2D eigenvalue weighted by Crippen LogP contribution is 2.27. The van der Waals surface area contributed by atoms with Crippen molar-refractivity contribution >= 4 is 23.8 Å². The number of esters is 1. The van der Waals surface area contributed by atoms with E-state index in [9.17, 15) is 19.2 Å². The van der Waals surface area contributed by atoms with Gasteiger partial charge in [-0.15, -0.1) is 0 Å². The lowest BCUT2D eigenvalue weighted by molar-refractivity contribution is -0.154. The number of hydrogen-bond donors (Lipinski definition) is 2. The fourth-order valence-electron chi connectivity index (χ4n) is 4.51. The van der Waals surface area contributed by atoms with Gasteiger partial charge in [0.2, 0.25) is 5.91 Å². The molecule has 9 heteroatoms. The van der Waals surface area contributed by atoms with E-state index in [1.54, 1.807) is 4.90 Å². The number of ether oxygens (including phenoxy) is 1. The molecule has 2 N–H and O–H groups in total. The highest BCUT2D eigenvalue weighted by Gasteiger charge is 2.49. The van der Waals surface area contributed by atoms with Crippen molar-refractivity contribution in [2.24, 2.45) is 0 Å². The minimum atomic E-state index is -0.980. The maximum Gasteiger partial charge on any atom is 0.328 e. The van der Waals surface area contributed by atoms with Gasteiger partial charge in [0.25, 0.3) is 5.91 Å². The number of hydrogen-bond acceptors (Lipinski definition) is 6. The quantitative estimate of drug-likeness (QED) is 0.537. The van der Waals surface area contributed by atoms with Crippen molar-refractivity contribution in [2.45, 2.75) is 37.4 Å². The molecule has 1 aromatic rings. The average Bonchev–Trinajstić information content (AvgIpc) is 2.98. The Labute approximate surface area is 168 Å². The lowest BCUT2D eigenvalue weighted by atomic mass is 9.89. The second-order valence-electron chi connectivity index (χ2n) is 7.84. The van der Waals surface area contributed by atoms with Crippen LogP contribution in [-0.2, 0) is 32.1 Å². The zero-order valence-electron chi connectivity index (χ0n) is 16.3. The predicted octanol–water partition coefficient (Wildman–Crippen LogP) is -0.213. The van der Waals surface area contributed by atoms with Crippen LogP contribution in [0.3, 0.4) is 0 Å². The Hall–Kier alpha value is -2.94. The molecule has 0 saturated carbocycles. The molecule has 0 unspecified atom stereocenters. The number of methoxy groups -OCH3 is 1. The molecule has 154 valence electrons. The first kappa shape index (κ1) is 19.4. The normalized spacial score (nSPS) is 26.7. The van der Waals surface area contributed by atoms with Gasteiger partial charge in [-0.25, -0.2) is 9.59 Å². The van der Waals surface area contributed by atoms with Crippen molar-refractivity contribution in [3.8, 4) is 0 Å². The summed E-state index contributed by atoms with van der Waals surface area (Å²) in [6.07, 6.45) is 1.64. The highest BCUT2D eigenvalue weighted by molar-refractivity contribution is 6.07. The molecule has 29 heavy (non-hydrogen) atoms. The first-order chi connectivity index (χ1) is 13.9. The summed E-state index contributed by atoms with van der Waals surface area (Å²) in [6.45, 7) is 1.32. The molecule has 3 aliphatic heterocycles. The lowest BCUT2D eigenvalue weighted by Crippen LogP contribution is -2.60. The fourth-order valence-corrected chi connectivity index (χ4v) is 4.51. The van der Waals surface area contributed by atoms with Gasteiger partial charge in [0.05, 0.1) is 13.7 Å². The molecular formula is C20H24N4O5. The number of carbonyl (C=O) groups is 4. The summed E-state index contributed by atoms with van der Waals surface area (Å²) < 4.78 is 4.93. The largest absolute Gasteiger partial charge is 0.467 e. The van der Waals surface area contributed by atoms with Gasteiger partial charge in [-0.2, -0.15) is 0 Å². The summed E-state index contributed by atoms with van der Waals surface area (Å²) in [5.41, 5.74) is 1.07. The van der Waals surface area contributed by atoms with Crippen LogP contribution in [0, 0.1) is 0 Å². The van der Waals surface area contributed by atoms with Gasteiger partial charge in [0.1, 0.15) is 11.6 Å². The molecule has 3 heterocycles. The van der Waals surface area contributed by atoms with E-state index in [4.69, 9.17) is 4.74 Å². The number of urea groups is 1. The minimum absolute atomic E-state index is 0.0700. The van der Waals surface area contributed by atoms with Crippen LogP contribution in [0.25, 0.3) is 0 Å². The number of carbonyl (C=O) groups excluding carboxylic acids is 4. The number of likely N-dealkylation sites (tertiary alicyclic amines) is 1. The van der Waals surface area contributed by atoms with Crippen molar-refractivity contribution in [1.82, 2.24) is 20.4 Å².